The van der Waals surface area contributed by atoms with Crippen LogP contribution in [0.5, 0.6) is 5.75 Å². The number of benzene rings is 1. The predicted molar refractivity (Wildman–Crippen MR) is 81.2 cm³/mol. The number of carbonyl (C=O) groups is 1. The van der Waals surface area contributed by atoms with Gasteiger partial charge in [-0.2, -0.15) is 0 Å². The monoisotopic (exact) mass is 293 g/mol. The summed E-state index contributed by atoms with van der Waals surface area (Å²) in [5.41, 5.74) is 6.53. The average Bonchev–Trinajstić information content (AvgIpc) is 2.47. The highest BCUT2D eigenvalue weighted by Gasteiger charge is 2.29. The first-order chi connectivity index (χ1) is 9.92. The lowest BCUT2D eigenvalue weighted by Crippen LogP contribution is -2.42. The number of rotatable bonds is 6. The Hall–Kier alpha value is -2.24. The van der Waals surface area contributed by atoms with Gasteiger partial charge in [0.1, 0.15) is 11.7 Å². The van der Waals surface area contributed by atoms with E-state index in [1.165, 1.54) is 0 Å². The van der Waals surface area contributed by atoms with E-state index in [2.05, 4.69) is 5.16 Å². The average molecular weight is 293 g/mol. The lowest BCUT2D eigenvalue weighted by atomic mass is 9.93. The molecule has 1 unspecified atom stereocenters. The van der Waals surface area contributed by atoms with Crippen molar-refractivity contribution in [2.45, 2.75) is 20.4 Å². The van der Waals surface area contributed by atoms with E-state index in [9.17, 15) is 4.79 Å². The molecule has 0 spiro atoms. The zero-order valence-corrected chi connectivity index (χ0v) is 12.9. The van der Waals surface area contributed by atoms with E-state index in [1.54, 1.807) is 19.1 Å². The second-order valence-electron chi connectivity index (χ2n) is 5.25. The van der Waals surface area contributed by atoms with Gasteiger partial charge in [0.2, 0.25) is 5.91 Å². The number of carbonyl (C=O) groups excluding carboxylic acids is 1. The number of amidine groups is 1. The normalized spacial score (nSPS) is 13.1. The van der Waals surface area contributed by atoms with Crippen LogP contribution in [0.25, 0.3) is 0 Å². The molecule has 0 bridgehead atoms. The Morgan fingerprint density at radius 2 is 2.05 bits per heavy atom. The van der Waals surface area contributed by atoms with Crippen molar-refractivity contribution in [1.29, 1.82) is 0 Å². The fourth-order valence-electron chi connectivity index (χ4n) is 2.22. The van der Waals surface area contributed by atoms with Crippen molar-refractivity contribution in [3.63, 3.8) is 0 Å². The van der Waals surface area contributed by atoms with Gasteiger partial charge in [0.15, 0.2) is 5.84 Å². The summed E-state index contributed by atoms with van der Waals surface area (Å²) in [5.74, 6) is -0.238. The highest BCUT2D eigenvalue weighted by atomic mass is 16.5. The summed E-state index contributed by atoms with van der Waals surface area (Å²) in [5, 5.41) is 11.8. The number of para-hydroxylation sites is 1. The minimum absolute atomic E-state index is 0.0616. The number of hydrogen-bond donors (Lipinski definition) is 2. The minimum Gasteiger partial charge on any atom is -0.496 e. The second kappa shape index (κ2) is 7.52. The molecule has 1 aromatic carbocycles. The van der Waals surface area contributed by atoms with Gasteiger partial charge in [0.25, 0.3) is 0 Å². The topological polar surface area (TPSA) is 88.2 Å². The lowest BCUT2D eigenvalue weighted by molar-refractivity contribution is -0.133. The van der Waals surface area contributed by atoms with Crippen molar-refractivity contribution in [2.75, 3.05) is 14.2 Å². The van der Waals surface area contributed by atoms with Crippen LogP contribution >= 0.6 is 0 Å². The van der Waals surface area contributed by atoms with Crippen LogP contribution in [-0.2, 0) is 11.3 Å². The van der Waals surface area contributed by atoms with E-state index >= 15 is 0 Å². The molecule has 0 fully saturated rings. The number of hydrogen-bond acceptors (Lipinski definition) is 4. The Kier molecular flexibility index (Phi) is 6.02. The maximum Gasteiger partial charge on any atom is 0.233 e. The highest BCUT2D eigenvalue weighted by Crippen LogP contribution is 2.21. The van der Waals surface area contributed by atoms with Gasteiger partial charge in [-0.15, -0.1) is 0 Å². The van der Waals surface area contributed by atoms with E-state index < -0.39 is 5.92 Å². The van der Waals surface area contributed by atoms with Gasteiger partial charge >= 0.3 is 0 Å². The Balaban J connectivity index is 2.91. The van der Waals surface area contributed by atoms with Gasteiger partial charge in [-0.05, 0) is 12.0 Å². The molecule has 116 valence electrons. The minimum atomic E-state index is -0.644. The van der Waals surface area contributed by atoms with Crippen molar-refractivity contribution < 1.29 is 14.7 Å². The third kappa shape index (κ3) is 4.11. The summed E-state index contributed by atoms with van der Waals surface area (Å²) in [6, 6.07) is 7.50. The van der Waals surface area contributed by atoms with Gasteiger partial charge in [0, 0.05) is 19.2 Å². The molecule has 1 aromatic rings. The Labute approximate surface area is 125 Å². The van der Waals surface area contributed by atoms with Gasteiger partial charge in [-0.3, -0.25) is 4.79 Å². The molecule has 0 heterocycles. The van der Waals surface area contributed by atoms with Crippen molar-refractivity contribution in [1.82, 2.24) is 4.90 Å². The van der Waals surface area contributed by atoms with E-state index in [0.717, 1.165) is 11.3 Å². The van der Waals surface area contributed by atoms with Crippen LogP contribution < -0.4 is 10.5 Å². The Bertz CT molecular complexity index is 515. The van der Waals surface area contributed by atoms with Crippen molar-refractivity contribution >= 4 is 11.7 Å². The van der Waals surface area contributed by atoms with Gasteiger partial charge in [-0.25, -0.2) is 0 Å². The van der Waals surface area contributed by atoms with Gasteiger partial charge in [0.05, 0.1) is 7.11 Å². The molecule has 1 amide bonds. The summed E-state index contributed by atoms with van der Waals surface area (Å²) in [6.07, 6.45) is 0. The molecule has 3 N–H and O–H groups in total. The van der Waals surface area contributed by atoms with Crippen LogP contribution in [0.15, 0.2) is 29.4 Å². The third-order valence-corrected chi connectivity index (χ3v) is 3.34. The van der Waals surface area contributed by atoms with E-state index in [0.29, 0.717) is 6.54 Å². The van der Waals surface area contributed by atoms with Crippen molar-refractivity contribution in [3.05, 3.63) is 29.8 Å². The number of amides is 1. The molecule has 6 nitrogen and oxygen atoms in total. The van der Waals surface area contributed by atoms with E-state index in [4.69, 9.17) is 15.7 Å². The zero-order valence-electron chi connectivity index (χ0n) is 12.9. The van der Waals surface area contributed by atoms with E-state index in [1.807, 2.05) is 38.1 Å². The summed E-state index contributed by atoms with van der Waals surface area (Å²) in [7, 11) is 3.28. The second-order valence-corrected chi connectivity index (χ2v) is 5.25. The molecule has 0 aliphatic carbocycles. The largest absolute Gasteiger partial charge is 0.496 e. The van der Waals surface area contributed by atoms with Gasteiger partial charge < -0.3 is 20.6 Å². The van der Waals surface area contributed by atoms with Crippen molar-refractivity contribution in [2.24, 2.45) is 22.7 Å². The Morgan fingerprint density at radius 3 is 2.57 bits per heavy atom. The molecule has 0 saturated carbocycles. The lowest BCUT2D eigenvalue weighted by Gasteiger charge is -2.26. The molecule has 1 rings (SSSR count). The van der Waals surface area contributed by atoms with Crippen LogP contribution in [0.3, 0.4) is 0 Å². The zero-order chi connectivity index (χ0) is 16.0. The quantitative estimate of drug-likeness (QED) is 0.361. The SMILES string of the molecule is COc1ccccc1CN(C)C(=O)C(C(N)=NO)C(C)C. The van der Waals surface area contributed by atoms with Gasteiger partial charge in [-0.1, -0.05) is 37.2 Å². The maximum absolute atomic E-state index is 12.5. The number of nitrogens with zero attached hydrogens (tertiary/aromatic N) is 2. The smallest absolute Gasteiger partial charge is 0.233 e. The third-order valence-electron chi connectivity index (χ3n) is 3.34. The molecule has 1 atom stereocenters. The summed E-state index contributed by atoms with van der Waals surface area (Å²) < 4.78 is 5.28. The molecule has 0 aliphatic heterocycles. The van der Waals surface area contributed by atoms with E-state index in [-0.39, 0.29) is 17.7 Å². The predicted octanol–water partition coefficient (Wildman–Crippen LogP) is 1.67. The highest BCUT2D eigenvalue weighted by molar-refractivity contribution is 6.02. The first kappa shape index (κ1) is 16.8. The fourth-order valence-corrected chi connectivity index (χ4v) is 2.22. The number of oxime groups is 1. The van der Waals surface area contributed by atoms with Crippen molar-refractivity contribution in [3.8, 4) is 5.75 Å². The molecule has 6 heteroatoms. The van der Waals surface area contributed by atoms with Crippen LogP contribution in [-0.4, -0.2) is 36.0 Å². The first-order valence-electron chi connectivity index (χ1n) is 6.76. The van der Waals surface area contributed by atoms with Crippen LogP contribution in [0.4, 0.5) is 0 Å². The molecule has 21 heavy (non-hydrogen) atoms. The summed E-state index contributed by atoms with van der Waals surface area (Å²) >= 11 is 0. The first-order valence-corrected chi connectivity index (χ1v) is 6.76. The summed E-state index contributed by atoms with van der Waals surface area (Å²) in [6.45, 7) is 4.11. The standard InChI is InChI=1S/C15H23N3O3/c1-10(2)13(14(16)17-20)15(19)18(3)9-11-7-5-6-8-12(11)21-4/h5-8,10,13,20H,9H2,1-4H3,(H2,16,17). The molecular formula is C15H23N3O3. The fraction of sp³-hybridized carbons (Fsp3) is 0.467. The van der Waals surface area contributed by atoms with Crippen LogP contribution in [0.1, 0.15) is 19.4 Å². The van der Waals surface area contributed by atoms with Crippen LogP contribution in [0.2, 0.25) is 0 Å². The number of ether oxygens (including phenoxy) is 1. The molecule has 0 saturated heterocycles. The summed E-state index contributed by atoms with van der Waals surface area (Å²) in [4.78, 5) is 14.1. The molecule has 0 aliphatic rings. The molecule has 0 aromatic heterocycles. The number of methoxy groups -OCH3 is 1. The molecular weight excluding hydrogens is 270 g/mol. The maximum atomic E-state index is 12.5. The Morgan fingerprint density at radius 1 is 1.43 bits per heavy atom. The van der Waals surface area contributed by atoms with Crippen LogP contribution in [0, 0.1) is 11.8 Å². The number of nitrogens with two attached hydrogens (primary N) is 1. The molecule has 0 radical (unpaired) electrons.